The highest BCUT2D eigenvalue weighted by Gasteiger charge is 2.12. The minimum Gasteiger partial charge on any atom is -0.497 e. The van der Waals surface area contributed by atoms with Crippen LogP contribution in [-0.2, 0) is 6.42 Å². The lowest BCUT2D eigenvalue weighted by Gasteiger charge is -2.10. The second kappa shape index (κ2) is 8.08. The summed E-state index contributed by atoms with van der Waals surface area (Å²) in [5, 5.41) is 10.6. The molecule has 6 N–H and O–H groups in total. The monoisotopic (exact) mass is 400 g/mol. The second-order valence-electron chi connectivity index (χ2n) is 7.01. The maximum atomic E-state index is 12.9. The zero-order valence-corrected chi connectivity index (χ0v) is 16.5. The lowest BCUT2D eigenvalue weighted by atomic mass is 10.0. The number of fused-ring (bicyclic) bond motifs is 1. The Morgan fingerprint density at radius 2 is 1.90 bits per heavy atom. The Bertz CT molecular complexity index is 1230. The van der Waals surface area contributed by atoms with Crippen LogP contribution in [0.25, 0.3) is 10.8 Å². The van der Waals surface area contributed by atoms with E-state index < -0.39 is 0 Å². The fraction of sp³-hybridized carbons (Fsp3) is 0.0870. The fourth-order valence-corrected chi connectivity index (χ4v) is 3.32. The average Bonchev–Trinajstić information content (AvgIpc) is 3.26. The van der Waals surface area contributed by atoms with Gasteiger partial charge in [-0.15, -0.1) is 0 Å². The van der Waals surface area contributed by atoms with Crippen LogP contribution < -0.4 is 21.2 Å². The van der Waals surface area contributed by atoms with Crippen molar-refractivity contribution in [1.29, 1.82) is 0 Å². The summed E-state index contributed by atoms with van der Waals surface area (Å²) in [4.78, 5) is 20.0. The van der Waals surface area contributed by atoms with Gasteiger partial charge in [-0.05, 0) is 58.8 Å². The number of aromatic amines is 1. The first-order chi connectivity index (χ1) is 14.5. The molecule has 0 aliphatic carbocycles. The zero-order valence-electron chi connectivity index (χ0n) is 16.5. The number of nitrogens with one attached hydrogen (secondary N) is 2. The molecule has 0 atom stereocenters. The van der Waals surface area contributed by atoms with Crippen molar-refractivity contribution in [3.8, 4) is 5.75 Å². The molecule has 7 heteroatoms. The summed E-state index contributed by atoms with van der Waals surface area (Å²) in [6.45, 7) is 0. The second-order valence-corrected chi connectivity index (χ2v) is 7.01. The van der Waals surface area contributed by atoms with Gasteiger partial charge >= 0.3 is 0 Å². The number of ether oxygens (including phenoxy) is 1. The van der Waals surface area contributed by atoms with Gasteiger partial charge in [0, 0.05) is 29.6 Å². The number of methoxy groups -OCH3 is 1. The Labute approximate surface area is 173 Å². The smallest absolute Gasteiger partial charge is 0.270 e. The van der Waals surface area contributed by atoms with Crippen LogP contribution in [0, 0.1) is 0 Å². The van der Waals surface area contributed by atoms with E-state index in [1.54, 1.807) is 25.7 Å². The van der Waals surface area contributed by atoms with Crippen molar-refractivity contribution in [3.63, 3.8) is 0 Å². The van der Waals surface area contributed by atoms with Crippen LogP contribution in [0.2, 0.25) is 0 Å². The summed E-state index contributed by atoms with van der Waals surface area (Å²) in [5.41, 5.74) is 9.57. The number of nitrogens with zero attached hydrogens (tertiary/aromatic N) is 1. The van der Waals surface area contributed by atoms with Crippen molar-refractivity contribution in [3.05, 3.63) is 89.5 Å². The molecule has 0 unspecified atom stereocenters. The van der Waals surface area contributed by atoms with Crippen molar-refractivity contribution in [2.45, 2.75) is 6.42 Å². The van der Waals surface area contributed by atoms with E-state index in [9.17, 15) is 4.79 Å². The summed E-state index contributed by atoms with van der Waals surface area (Å²) in [7, 11) is 1.58. The number of anilines is 1. The number of H-pyrrole nitrogens is 1. The predicted molar refractivity (Wildman–Crippen MR) is 117 cm³/mol. The third kappa shape index (κ3) is 4.15. The highest BCUT2D eigenvalue weighted by molar-refractivity contribution is 6.06. The van der Waals surface area contributed by atoms with E-state index in [0.29, 0.717) is 23.4 Å². The average molecular weight is 400 g/mol. The van der Waals surface area contributed by atoms with Crippen molar-refractivity contribution in [2.75, 3.05) is 12.4 Å². The van der Waals surface area contributed by atoms with Crippen LogP contribution in [0.1, 0.15) is 27.2 Å². The number of rotatable bonds is 6. The van der Waals surface area contributed by atoms with Gasteiger partial charge in [-0.3, -0.25) is 15.9 Å². The first-order valence-electron chi connectivity index (χ1n) is 9.40. The van der Waals surface area contributed by atoms with Gasteiger partial charge in [0.05, 0.1) is 19.0 Å². The molecule has 0 bridgehead atoms. The standard InChI is InChI=1S/C23H21N5O2/c1-30-21-8-14(7-20-12-26-13-27-20)6-18(11-21)23(29)28-19-5-4-15-9-17(22(24)25)3-2-16(15)10-19/h2-6,8-13H,7H2,1H3,(H3,24,25)(H,26,27)(H,28,29)/p+1. The normalized spacial score (nSPS) is 10.7. The van der Waals surface area contributed by atoms with Gasteiger partial charge in [-0.25, -0.2) is 4.98 Å². The number of amides is 1. The summed E-state index contributed by atoms with van der Waals surface area (Å²) < 4.78 is 5.37. The first kappa shape index (κ1) is 19.2. The predicted octanol–water partition coefficient (Wildman–Crippen LogP) is 1.88. The van der Waals surface area contributed by atoms with Gasteiger partial charge in [0.15, 0.2) is 0 Å². The van der Waals surface area contributed by atoms with Crippen LogP contribution in [-0.4, -0.2) is 28.8 Å². The molecule has 4 aromatic rings. The molecule has 150 valence electrons. The molecular formula is C23H22N5O2+. The lowest BCUT2D eigenvalue weighted by Crippen LogP contribution is -2.46. The maximum Gasteiger partial charge on any atom is 0.270 e. The molecule has 0 saturated heterocycles. The number of benzene rings is 3. The molecule has 0 aliphatic rings. The first-order valence-corrected chi connectivity index (χ1v) is 9.40. The molecule has 0 radical (unpaired) electrons. The quantitative estimate of drug-likeness (QED) is 0.292. The zero-order chi connectivity index (χ0) is 21.1. The third-order valence-corrected chi connectivity index (χ3v) is 4.85. The Hall–Kier alpha value is -4.13. The van der Waals surface area contributed by atoms with Crippen LogP contribution in [0.4, 0.5) is 5.69 Å². The van der Waals surface area contributed by atoms with Crippen molar-refractivity contribution in [1.82, 2.24) is 9.97 Å². The van der Waals surface area contributed by atoms with Gasteiger partial charge in [0.2, 0.25) is 0 Å². The lowest BCUT2D eigenvalue weighted by molar-refractivity contribution is -0.114. The highest BCUT2D eigenvalue weighted by atomic mass is 16.5. The summed E-state index contributed by atoms with van der Waals surface area (Å²) in [6, 6.07) is 16.9. The SMILES string of the molecule is COc1cc(Cc2cnc[nH]2)cc(C(=O)Nc2ccc3cc(C(N)=[NH2+])ccc3c2)c1. The van der Waals surface area contributed by atoms with Crippen LogP contribution >= 0.6 is 0 Å². The molecule has 1 heterocycles. The molecule has 1 aromatic heterocycles. The van der Waals surface area contributed by atoms with Crippen LogP contribution in [0.5, 0.6) is 5.75 Å². The largest absolute Gasteiger partial charge is 0.497 e. The van der Waals surface area contributed by atoms with Gasteiger partial charge in [-0.1, -0.05) is 12.1 Å². The molecule has 0 spiro atoms. The number of carbonyl (C=O) groups excluding carboxylic acids is 1. The third-order valence-electron chi connectivity index (χ3n) is 4.85. The van der Waals surface area contributed by atoms with Gasteiger partial charge in [-0.2, -0.15) is 0 Å². The van der Waals surface area contributed by atoms with Crippen LogP contribution in [0.3, 0.4) is 0 Å². The van der Waals surface area contributed by atoms with Crippen molar-refractivity contribution in [2.24, 2.45) is 5.73 Å². The van der Waals surface area contributed by atoms with Crippen LogP contribution in [0.15, 0.2) is 67.1 Å². The maximum absolute atomic E-state index is 12.9. The summed E-state index contributed by atoms with van der Waals surface area (Å²) >= 11 is 0. The molecule has 0 fully saturated rings. The van der Waals surface area contributed by atoms with Crippen molar-refractivity contribution >= 4 is 28.2 Å². The number of imidazole rings is 1. The molecule has 30 heavy (non-hydrogen) atoms. The van der Waals surface area contributed by atoms with Gasteiger partial charge in [0.1, 0.15) is 5.75 Å². The molecule has 0 aliphatic heterocycles. The Balaban J connectivity index is 1.58. The number of carbonyl (C=O) groups is 1. The van der Waals surface area contributed by atoms with E-state index in [2.05, 4.69) is 15.3 Å². The number of aromatic nitrogens is 2. The molecule has 7 nitrogen and oxygen atoms in total. The molecule has 4 rings (SSSR count). The van der Waals surface area contributed by atoms with E-state index in [-0.39, 0.29) is 11.7 Å². The van der Waals surface area contributed by atoms with Crippen molar-refractivity contribution < 1.29 is 14.9 Å². The molecular weight excluding hydrogens is 378 g/mol. The topological polar surface area (TPSA) is 119 Å². The Kier molecular flexibility index (Phi) is 5.17. The number of hydrogen-bond donors (Lipinski definition) is 4. The number of nitrogens with two attached hydrogens (primary N) is 2. The van der Waals surface area contributed by atoms with Gasteiger partial charge < -0.3 is 15.0 Å². The Morgan fingerprint density at radius 1 is 1.10 bits per heavy atom. The van der Waals surface area contributed by atoms with E-state index in [1.807, 2.05) is 48.5 Å². The molecule has 1 amide bonds. The van der Waals surface area contributed by atoms with E-state index in [0.717, 1.165) is 27.6 Å². The Morgan fingerprint density at radius 3 is 2.63 bits per heavy atom. The van der Waals surface area contributed by atoms with E-state index in [4.69, 9.17) is 15.9 Å². The fourth-order valence-electron chi connectivity index (χ4n) is 3.32. The van der Waals surface area contributed by atoms with Gasteiger partial charge in [0.25, 0.3) is 11.7 Å². The van der Waals surface area contributed by atoms with E-state index in [1.165, 1.54) is 0 Å². The van der Waals surface area contributed by atoms with E-state index >= 15 is 0 Å². The molecule has 3 aromatic carbocycles. The minimum absolute atomic E-state index is 0.213. The number of hydrogen-bond acceptors (Lipinski definition) is 3. The number of amidine groups is 1. The minimum atomic E-state index is -0.213. The highest BCUT2D eigenvalue weighted by Crippen LogP contribution is 2.23. The summed E-state index contributed by atoms with van der Waals surface area (Å²) in [5.74, 6) is 0.687. The molecule has 0 saturated carbocycles. The summed E-state index contributed by atoms with van der Waals surface area (Å²) in [6.07, 6.45) is 4.01.